The molecule has 0 aliphatic carbocycles. The molecular formula is C93H112O16. The molecule has 0 aliphatic heterocycles. The standard InChI is InChI=1S/C26H28O3.C24H32O4.C24H28O4.C18H20O5.CH4/c1-18-10-12-22(25(16-18)29-17-21-8-6-5-7-9-21)13-15-24(27)23-14-11-19(2)20(3)26(23)28-4;1-15(2)27-20-11-9-19(23(14-20)28-16(3)4)10-13-22(25)21-12-8-17(5)18(6)24(21)26-7;1-6-14-27-20-11-9-19(23(16-20)28-15-7-2)10-13-22(25)21-12-8-17(3)18(4)24(21)26-5;1-11-17(22-2)9-7-14(18(11)23-3)15(20)8-5-12-4-6-13(19)10-16(12)21;/h5-12,14,16H,13,15,17H2,1-4H3;8-9,11-12,14-16H,10,13H2,1-7H3;6-9,11-12,16H,1-2,10,13-15H2,3-5H3;4,6-7,9-10,19,21H,5,8H2,1-3H3;1H4. The Morgan fingerprint density at radius 2 is 0.780 bits per heavy atom. The Balaban J connectivity index is 0.000000260. The number of aryl methyl sites for hydroxylation is 8. The molecule has 0 saturated heterocycles. The number of aromatic hydroxyl groups is 2. The number of Topliss-reactive ketones (excluding diaryl/α,β-unsaturated/α-hetero) is 4. The first kappa shape index (κ1) is 88.4. The molecule has 16 nitrogen and oxygen atoms in total. The van der Waals surface area contributed by atoms with Crippen molar-refractivity contribution in [2.75, 3.05) is 48.8 Å². The van der Waals surface area contributed by atoms with E-state index in [2.05, 4.69) is 25.3 Å². The highest BCUT2D eigenvalue weighted by atomic mass is 16.5. The summed E-state index contributed by atoms with van der Waals surface area (Å²) in [6.07, 6.45) is 7.04. The van der Waals surface area contributed by atoms with Crippen molar-refractivity contribution in [2.45, 2.75) is 161 Å². The van der Waals surface area contributed by atoms with Crippen molar-refractivity contribution in [3.8, 4) is 69.0 Å². The van der Waals surface area contributed by atoms with E-state index in [1.807, 2.05) is 192 Å². The molecule has 0 saturated carbocycles. The third kappa shape index (κ3) is 25.7. The summed E-state index contributed by atoms with van der Waals surface area (Å²) in [6.45, 7) is 32.5. The van der Waals surface area contributed by atoms with Gasteiger partial charge in [-0.3, -0.25) is 19.2 Å². The van der Waals surface area contributed by atoms with E-state index < -0.39 is 0 Å². The lowest BCUT2D eigenvalue weighted by atomic mass is 9.97. The molecule has 9 rings (SSSR count). The summed E-state index contributed by atoms with van der Waals surface area (Å²) in [4.78, 5) is 51.1. The van der Waals surface area contributed by atoms with Crippen molar-refractivity contribution in [1.29, 1.82) is 0 Å². The number of carbonyl (C=O) groups is 4. The number of phenols is 2. The number of carbonyl (C=O) groups excluding carboxylic acids is 4. The van der Waals surface area contributed by atoms with Crippen LogP contribution in [0.1, 0.15) is 175 Å². The summed E-state index contributed by atoms with van der Waals surface area (Å²) in [6, 6.07) is 47.0. The van der Waals surface area contributed by atoms with Crippen molar-refractivity contribution in [1.82, 2.24) is 0 Å². The molecule has 0 unspecified atom stereocenters. The number of benzene rings is 9. The lowest BCUT2D eigenvalue weighted by Crippen LogP contribution is -2.11. The van der Waals surface area contributed by atoms with Gasteiger partial charge in [0, 0.05) is 49.4 Å². The van der Waals surface area contributed by atoms with Gasteiger partial charge in [0.2, 0.25) is 0 Å². The minimum absolute atomic E-state index is 0. The fourth-order valence-electron chi connectivity index (χ4n) is 11.9. The van der Waals surface area contributed by atoms with Crippen LogP contribution < -0.4 is 47.4 Å². The Hall–Kier alpha value is -11.3. The largest absolute Gasteiger partial charge is 0.508 e. The van der Waals surface area contributed by atoms with Crippen LogP contribution in [0.3, 0.4) is 0 Å². The van der Waals surface area contributed by atoms with Gasteiger partial charge < -0.3 is 57.6 Å². The molecule has 0 aromatic heterocycles. The van der Waals surface area contributed by atoms with Crippen molar-refractivity contribution < 1.29 is 76.8 Å². The summed E-state index contributed by atoms with van der Waals surface area (Å²) in [7, 11) is 7.91. The minimum Gasteiger partial charge on any atom is -0.508 e. The summed E-state index contributed by atoms with van der Waals surface area (Å²) in [5.74, 6) is 7.04. The van der Waals surface area contributed by atoms with Gasteiger partial charge in [0.25, 0.3) is 0 Å². The summed E-state index contributed by atoms with van der Waals surface area (Å²) in [5.41, 5.74) is 15.4. The fourth-order valence-corrected chi connectivity index (χ4v) is 11.9. The Labute approximate surface area is 646 Å². The Bertz CT molecular complexity index is 4530. The highest BCUT2D eigenvalue weighted by Crippen LogP contribution is 2.36. The maximum absolute atomic E-state index is 12.9. The van der Waals surface area contributed by atoms with E-state index in [1.165, 1.54) is 19.2 Å². The Morgan fingerprint density at radius 1 is 0.385 bits per heavy atom. The number of rotatable bonds is 34. The van der Waals surface area contributed by atoms with Crippen molar-refractivity contribution in [3.63, 3.8) is 0 Å². The molecule has 0 spiro atoms. The van der Waals surface area contributed by atoms with Gasteiger partial charge in [-0.1, -0.05) is 112 Å². The van der Waals surface area contributed by atoms with Gasteiger partial charge in [0.15, 0.2) is 23.1 Å². The maximum Gasteiger partial charge on any atom is 0.166 e. The fraction of sp³-hybridized carbons (Fsp3) is 0.333. The van der Waals surface area contributed by atoms with E-state index in [4.69, 9.17) is 47.4 Å². The molecule has 0 aliphatic rings. The normalized spacial score (nSPS) is 10.5. The molecule has 9 aromatic rings. The van der Waals surface area contributed by atoms with E-state index >= 15 is 0 Å². The first-order valence-electron chi connectivity index (χ1n) is 36.3. The summed E-state index contributed by atoms with van der Waals surface area (Å²) >= 11 is 0. The van der Waals surface area contributed by atoms with Crippen molar-refractivity contribution in [2.24, 2.45) is 0 Å². The molecule has 0 amide bonds. The number of methoxy groups -OCH3 is 5. The number of ether oxygens (including phenoxy) is 10. The molecule has 16 heteroatoms. The summed E-state index contributed by atoms with van der Waals surface area (Å²) in [5, 5.41) is 19.1. The number of phenolic OH excluding ortho intramolecular Hbond substituents is 2. The van der Waals surface area contributed by atoms with Crippen molar-refractivity contribution >= 4 is 23.1 Å². The van der Waals surface area contributed by atoms with Crippen LogP contribution in [-0.2, 0) is 32.3 Å². The third-order valence-corrected chi connectivity index (χ3v) is 18.2. The lowest BCUT2D eigenvalue weighted by molar-refractivity contribution is 0.0971. The molecule has 580 valence electrons. The Kier molecular flexibility index (Phi) is 35.8. The Morgan fingerprint density at radius 3 is 1.22 bits per heavy atom. The smallest absolute Gasteiger partial charge is 0.166 e. The predicted molar refractivity (Wildman–Crippen MR) is 437 cm³/mol. The zero-order valence-electron chi connectivity index (χ0n) is 66.0. The maximum atomic E-state index is 12.9. The number of ketones is 4. The van der Waals surface area contributed by atoms with E-state index in [1.54, 1.807) is 58.8 Å². The molecule has 0 fully saturated rings. The van der Waals surface area contributed by atoms with Crippen LogP contribution in [0.15, 0.2) is 177 Å². The second-order valence-electron chi connectivity index (χ2n) is 26.7. The molecule has 0 bridgehead atoms. The van der Waals surface area contributed by atoms with Gasteiger partial charge in [-0.15, -0.1) is 0 Å². The highest BCUT2D eigenvalue weighted by molar-refractivity contribution is 6.01. The molecule has 2 N–H and O–H groups in total. The molecule has 0 atom stereocenters. The zero-order chi connectivity index (χ0) is 79.1. The molecular weight excluding hydrogens is 1370 g/mol. The molecule has 9 aromatic carbocycles. The molecule has 0 radical (unpaired) electrons. The number of hydrogen-bond acceptors (Lipinski definition) is 16. The second kappa shape index (κ2) is 44.1. The van der Waals surface area contributed by atoms with Crippen molar-refractivity contribution in [3.05, 3.63) is 272 Å². The van der Waals surface area contributed by atoms with Crippen LogP contribution in [0, 0.1) is 55.4 Å². The van der Waals surface area contributed by atoms with Crippen LogP contribution in [0.25, 0.3) is 0 Å². The monoisotopic (exact) mass is 1480 g/mol. The first-order valence-corrected chi connectivity index (χ1v) is 36.3. The van der Waals surface area contributed by atoms with Gasteiger partial charge in [-0.25, -0.2) is 0 Å². The second-order valence-corrected chi connectivity index (χ2v) is 26.7. The zero-order valence-corrected chi connectivity index (χ0v) is 66.0. The van der Waals surface area contributed by atoms with E-state index in [0.29, 0.717) is 133 Å². The first-order chi connectivity index (χ1) is 51.7. The molecule has 0 heterocycles. The van der Waals surface area contributed by atoms with Crippen LogP contribution >= 0.6 is 0 Å². The van der Waals surface area contributed by atoms with E-state index in [-0.39, 0.29) is 60.7 Å². The molecule has 109 heavy (non-hydrogen) atoms. The quantitative estimate of drug-likeness (QED) is 0.0285. The summed E-state index contributed by atoms with van der Waals surface area (Å²) < 4.78 is 56.2. The predicted octanol–water partition coefficient (Wildman–Crippen LogP) is 20.8. The van der Waals surface area contributed by atoms with Gasteiger partial charge in [-0.2, -0.15) is 0 Å². The van der Waals surface area contributed by atoms with Gasteiger partial charge in [-0.05, 0) is 230 Å². The van der Waals surface area contributed by atoms with Gasteiger partial charge >= 0.3 is 0 Å². The van der Waals surface area contributed by atoms with Gasteiger partial charge in [0.05, 0.1) is 70.0 Å². The topological polar surface area (TPSA) is 201 Å². The van der Waals surface area contributed by atoms with Crippen LogP contribution in [0.5, 0.6) is 69.0 Å². The van der Waals surface area contributed by atoms with E-state index in [9.17, 15) is 29.4 Å². The number of hydrogen-bond donors (Lipinski definition) is 2. The van der Waals surface area contributed by atoms with E-state index in [0.717, 1.165) is 84.0 Å². The highest BCUT2D eigenvalue weighted by Gasteiger charge is 2.23. The van der Waals surface area contributed by atoms with Crippen LogP contribution in [0.4, 0.5) is 0 Å². The van der Waals surface area contributed by atoms with Crippen LogP contribution in [0.2, 0.25) is 0 Å². The lowest BCUT2D eigenvalue weighted by Gasteiger charge is -2.17. The van der Waals surface area contributed by atoms with Gasteiger partial charge in [0.1, 0.15) is 88.8 Å². The van der Waals surface area contributed by atoms with Crippen LogP contribution in [-0.4, -0.2) is 94.3 Å². The average molecular weight is 1490 g/mol. The third-order valence-electron chi connectivity index (χ3n) is 18.2. The average Bonchev–Trinajstić information content (AvgIpc) is 0.842. The minimum atomic E-state index is -0.0833. The SMILES string of the molecule is C.C=CCOc1ccc(CCC(=O)c2ccc(C)c(C)c2OC)c(OCC=C)c1.COc1c(C(=O)CCc2ccc(C)cc2OCc2ccccc2)ccc(C)c1C.COc1c(C(=O)CCc2ccc(OC(C)C)cc2OC(C)C)ccc(C)c1C.COc1ccc(C(=O)CCc2ccc(O)cc2O)c(OC)c1C.